The van der Waals surface area contributed by atoms with Gasteiger partial charge in [0.1, 0.15) is 0 Å². The number of hydrogen-bond donors (Lipinski definition) is 1. The molecule has 2 fully saturated rings. The highest BCUT2D eigenvalue weighted by molar-refractivity contribution is 7.80. The molecule has 2 nitrogen and oxygen atoms in total. The third-order valence-corrected chi connectivity index (χ3v) is 5.37. The van der Waals surface area contributed by atoms with Crippen molar-refractivity contribution in [1.29, 1.82) is 0 Å². The molecular formula is C17H32N2S. The Labute approximate surface area is 131 Å². The van der Waals surface area contributed by atoms with Gasteiger partial charge in [0.05, 0.1) is 0 Å². The molecule has 1 unspecified atom stereocenters. The molecule has 0 spiro atoms. The standard InChI is InChI=1S/C17H32N2S/c1-14(2)6-9-18-12-17(13-18)5-4-16-7-10-19(11-8-16)15(3)20/h15-17,20H,1,4-13H2,2-3H3. The van der Waals surface area contributed by atoms with E-state index in [-0.39, 0.29) is 0 Å². The lowest BCUT2D eigenvalue weighted by Crippen LogP contribution is -2.47. The van der Waals surface area contributed by atoms with Crippen molar-refractivity contribution in [2.24, 2.45) is 11.8 Å². The summed E-state index contributed by atoms with van der Waals surface area (Å²) < 4.78 is 0. The topological polar surface area (TPSA) is 6.48 Å². The first kappa shape index (κ1) is 16.4. The van der Waals surface area contributed by atoms with E-state index in [9.17, 15) is 0 Å². The highest BCUT2D eigenvalue weighted by Gasteiger charge is 2.27. The van der Waals surface area contributed by atoms with Crippen LogP contribution in [0.3, 0.4) is 0 Å². The molecule has 0 saturated carbocycles. The van der Waals surface area contributed by atoms with E-state index in [0.29, 0.717) is 5.37 Å². The second kappa shape index (κ2) is 7.86. The Balaban J connectivity index is 1.52. The Kier molecular flexibility index (Phi) is 6.44. The van der Waals surface area contributed by atoms with Gasteiger partial charge in [-0.15, -0.1) is 6.58 Å². The molecule has 1 atom stereocenters. The largest absolute Gasteiger partial charge is 0.302 e. The number of thiol groups is 1. The quantitative estimate of drug-likeness (QED) is 0.566. The minimum absolute atomic E-state index is 0.435. The molecule has 116 valence electrons. The fraction of sp³-hybridized carbons (Fsp3) is 0.882. The molecule has 0 aromatic carbocycles. The van der Waals surface area contributed by atoms with Gasteiger partial charge in [-0.25, -0.2) is 0 Å². The summed E-state index contributed by atoms with van der Waals surface area (Å²) in [7, 11) is 0. The van der Waals surface area contributed by atoms with Crippen molar-refractivity contribution in [3.05, 3.63) is 12.2 Å². The first-order valence-corrected chi connectivity index (χ1v) is 8.85. The van der Waals surface area contributed by atoms with Gasteiger partial charge in [-0.2, -0.15) is 12.6 Å². The highest BCUT2D eigenvalue weighted by Crippen LogP contribution is 2.28. The van der Waals surface area contributed by atoms with Crippen molar-refractivity contribution >= 4 is 12.6 Å². The second-order valence-electron chi connectivity index (χ2n) is 7.02. The van der Waals surface area contributed by atoms with Crippen molar-refractivity contribution in [3.63, 3.8) is 0 Å². The summed E-state index contributed by atoms with van der Waals surface area (Å²) in [6.45, 7) is 14.7. The molecule has 0 N–H and O–H groups in total. The van der Waals surface area contributed by atoms with Crippen LogP contribution < -0.4 is 0 Å². The first-order chi connectivity index (χ1) is 9.54. The summed E-state index contributed by atoms with van der Waals surface area (Å²) in [6, 6.07) is 0. The summed E-state index contributed by atoms with van der Waals surface area (Å²) in [6.07, 6.45) is 6.85. The van der Waals surface area contributed by atoms with Gasteiger partial charge in [-0.05, 0) is 70.9 Å². The molecule has 2 aliphatic rings. The molecular weight excluding hydrogens is 264 g/mol. The zero-order chi connectivity index (χ0) is 14.5. The highest BCUT2D eigenvalue weighted by atomic mass is 32.1. The number of likely N-dealkylation sites (tertiary alicyclic amines) is 2. The number of rotatable bonds is 7. The lowest BCUT2D eigenvalue weighted by molar-refractivity contribution is 0.0847. The van der Waals surface area contributed by atoms with E-state index >= 15 is 0 Å². The van der Waals surface area contributed by atoms with E-state index in [2.05, 4.69) is 42.9 Å². The SMILES string of the molecule is C=C(C)CCN1CC(CCC2CCN(C(C)S)CC2)C1. The minimum Gasteiger partial charge on any atom is -0.302 e. The van der Waals surface area contributed by atoms with Crippen LogP contribution in [0.15, 0.2) is 12.2 Å². The van der Waals surface area contributed by atoms with Crippen molar-refractivity contribution in [1.82, 2.24) is 9.80 Å². The van der Waals surface area contributed by atoms with Gasteiger partial charge in [0.25, 0.3) is 0 Å². The summed E-state index contributed by atoms with van der Waals surface area (Å²) in [4.78, 5) is 5.09. The maximum atomic E-state index is 4.54. The maximum absolute atomic E-state index is 4.54. The van der Waals surface area contributed by atoms with Crippen molar-refractivity contribution in [2.75, 3.05) is 32.7 Å². The number of nitrogens with zero attached hydrogens (tertiary/aromatic N) is 2. The van der Waals surface area contributed by atoms with Crippen LogP contribution in [-0.2, 0) is 0 Å². The predicted octanol–water partition coefficient (Wildman–Crippen LogP) is 3.65. The van der Waals surface area contributed by atoms with E-state index in [1.54, 1.807) is 0 Å². The Morgan fingerprint density at radius 3 is 2.35 bits per heavy atom. The summed E-state index contributed by atoms with van der Waals surface area (Å²) in [5.74, 6) is 1.95. The van der Waals surface area contributed by atoms with Gasteiger partial charge in [0.2, 0.25) is 0 Å². The van der Waals surface area contributed by atoms with E-state index in [1.165, 1.54) is 70.4 Å². The maximum Gasteiger partial charge on any atom is 0.0499 e. The smallest absolute Gasteiger partial charge is 0.0499 e. The summed E-state index contributed by atoms with van der Waals surface area (Å²) in [5.41, 5.74) is 1.32. The molecule has 20 heavy (non-hydrogen) atoms. The lowest BCUT2D eigenvalue weighted by atomic mass is 9.86. The van der Waals surface area contributed by atoms with Crippen LogP contribution in [0.5, 0.6) is 0 Å². The van der Waals surface area contributed by atoms with Gasteiger partial charge < -0.3 is 4.90 Å². The van der Waals surface area contributed by atoms with Crippen molar-refractivity contribution in [3.8, 4) is 0 Å². The molecule has 3 heteroatoms. The van der Waals surface area contributed by atoms with Crippen LogP contribution in [0.25, 0.3) is 0 Å². The van der Waals surface area contributed by atoms with Crippen molar-refractivity contribution in [2.45, 2.75) is 51.3 Å². The molecule has 0 amide bonds. The van der Waals surface area contributed by atoms with Crippen molar-refractivity contribution < 1.29 is 0 Å². The van der Waals surface area contributed by atoms with Gasteiger partial charge >= 0.3 is 0 Å². The number of hydrogen-bond acceptors (Lipinski definition) is 3. The molecule has 2 saturated heterocycles. The Morgan fingerprint density at radius 2 is 1.80 bits per heavy atom. The second-order valence-corrected chi connectivity index (χ2v) is 7.77. The third-order valence-electron chi connectivity index (χ3n) is 5.05. The summed E-state index contributed by atoms with van der Waals surface area (Å²) >= 11 is 4.54. The van der Waals surface area contributed by atoms with Gasteiger partial charge in [0.15, 0.2) is 0 Å². The van der Waals surface area contributed by atoms with E-state index < -0.39 is 0 Å². The monoisotopic (exact) mass is 296 g/mol. The van der Waals surface area contributed by atoms with Crippen LogP contribution in [0, 0.1) is 11.8 Å². The minimum atomic E-state index is 0.435. The van der Waals surface area contributed by atoms with Crippen LogP contribution >= 0.6 is 12.6 Å². The zero-order valence-corrected chi connectivity index (χ0v) is 14.2. The molecule has 0 bridgehead atoms. The van der Waals surface area contributed by atoms with Gasteiger partial charge in [-0.3, -0.25) is 4.90 Å². The van der Waals surface area contributed by atoms with Crippen LogP contribution in [-0.4, -0.2) is 47.9 Å². The van der Waals surface area contributed by atoms with Gasteiger partial charge in [-0.1, -0.05) is 5.57 Å². The molecule has 2 heterocycles. The lowest BCUT2D eigenvalue weighted by Gasteiger charge is -2.41. The molecule has 0 aromatic heterocycles. The fourth-order valence-corrected chi connectivity index (χ4v) is 3.71. The zero-order valence-electron chi connectivity index (χ0n) is 13.4. The molecule has 0 aromatic rings. The normalized spacial score (nSPS) is 24.6. The molecule has 0 aliphatic carbocycles. The Hall–Kier alpha value is 0.0100. The predicted molar refractivity (Wildman–Crippen MR) is 91.3 cm³/mol. The van der Waals surface area contributed by atoms with Gasteiger partial charge in [0, 0.05) is 25.0 Å². The molecule has 2 rings (SSSR count). The van der Waals surface area contributed by atoms with E-state index in [0.717, 1.165) is 11.8 Å². The molecule has 2 aliphatic heterocycles. The first-order valence-electron chi connectivity index (χ1n) is 8.33. The third kappa shape index (κ3) is 5.09. The Bertz CT molecular complexity index is 302. The van der Waals surface area contributed by atoms with Crippen LogP contribution in [0.2, 0.25) is 0 Å². The average molecular weight is 297 g/mol. The summed E-state index contributed by atoms with van der Waals surface area (Å²) in [5, 5.41) is 0.435. The fourth-order valence-electron chi connectivity index (χ4n) is 3.48. The number of piperidine rings is 1. The van der Waals surface area contributed by atoms with Crippen LogP contribution in [0.4, 0.5) is 0 Å². The van der Waals surface area contributed by atoms with E-state index in [4.69, 9.17) is 0 Å². The van der Waals surface area contributed by atoms with Crippen LogP contribution in [0.1, 0.15) is 46.0 Å². The van der Waals surface area contributed by atoms with E-state index in [1.807, 2.05) is 0 Å². The molecule has 0 radical (unpaired) electrons. The average Bonchev–Trinajstić information content (AvgIpc) is 2.36. The Morgan fingerprint density at radius 1 is 1.20 bits per heavy atom.